The zero-order valence-corrected chi connectivity index (χ0v) is 21.8. The first-order chi connectivity index (χ1) is 15.8. The molecule has 0 aliphatic carbocycles. The van der Waals surface area contributed by atoms with Gasteiger partial charge in [0.2, 0.25) is 0 Å². The molecule has 1 aliphatic heterocycles. The van der Waals surface area contributed by atoms with Gasteiger partial charge in [-0.05, 0) is 65.6 Å². The number of benzene rings is 3. The zero-order chi connectivity index (χ0) is 23.6. The number of aliphatic hydroxyl groups is 1. The minimum atomic E-state index is -3.93. The first-order valence-corrected chi connectivity index (χ1v) is 13.7. The number of sulfonamides is 1. The molecule has 4 nitrogen and oxygen atoms in total. The van der Waals surface area contributed by atoms with Gasteiger partial charge in [0.1, 0.15) is 11.6 Å². The molecule has 33 heavy (non-hydrogen) atoms. The van der Waals surface area contributed by atoms with Crippen molar-refractivity contribution in [2.24, 2.45) is 0 Å². The summed E-state index contributed by atoms with van der Waals surface area (Å²) in [6, 6.07) is 24.9. The van der Waals surface area contributed by atoms with E-state index in [4.69, 9.17) is 0 Å². The molecule has 172 valence electrons. The van der Waals surface area contributed by atoms with E-state index in [0.717, 1.165) is 24.0 Å². The molecule has 3 aromatic carbocycles. The number of halogens is 1. The second-order valence-corrected chi connectivity index (χ2v) is 11.3. The van der Waals surface area contributed by atoms with E-state index in [2.05, 4.69) is 29.5 Å². The zero-order valence-electron chi connectivity index (χ0n) is 18.8. The molecule has 1 N–H and O–H groups in total. The van der Waals surface area contributed by atoms with Crippen molar-refractivity contribution in [3.05, 3.63) is 111 Å². The number of hydrogen-bond donors (Lipinski definition) is 1. The number of allylic oxidation sites excluding steroid dienone is 1. The fraction of sp³-hybridized carbons (Fsp3) is 0.259. The Morgan fingerprint density at radius 2 is 1.52 bits per heavy atom. The van der Waals surface area contributed by atoms with E-state index in [0.29, 0.717) is 21.3 Å². The van der Waals surface area contributed by atoms with Crippen molar-refractivity contribution in [1.29, 1.82) is 0 Å². The molecular formula is C27H28INO3S. The molecule has 4 rings (SSSR count). The Bertz CT molecular complexity index is 1240. The molecule has 1 aliphatic rings. The lowest BCUT2D eigenvalue weighted by atomic mass is 9.84. The van der Waals surface area contributed by atoms with Gasteiger partial charge in [-0.25, -0.2) is 8.42 Å². The molecule has 0 spiro atoms. The van der Waals surface area contributed by atoms with Crippen molar-refractivity contribution >= 4 is 32.6 Å². The molecule has 0 amide bonds. The summed E-state index contributed by atoms with van der Waals surface area (Å²) < 4.78 is 30.4. The van der Waals surface area contributed by atoms with E-state index in [1.165, 1.54) is 4.31 Å². The molecule has 0 fully saturated rings. The fourth-order valence-corrected chi connectivity index (χ4v) is 7.45. The standard InChI is InChI=1S/C27H28INO3S/c1-3-4-15-24-25(28)27(30,22-13-9-6-10-14-22)26(21-11-7-5-8-12-21)29(24)33(31,32)23-18-16-20(2)17-19-23/h5-14,16-19,26,30H,3-4,15H2,1-2H3. The second-order valence-electron chi connectivity index (χ2n) is 8.42. The lowest BCUT2D eigenvalue weighted by Crippen LogP contribution is -2.40. The molecule has 0 radical (unpaired) electrons. The summed E-state index contributed by atoms with van der Waals surface area (Å²) in [5.74, 6) is 0. The summed E-state index contributed by atoms with van der Waals surface area (Å²) >= 11 is 2.16. The van der Waals surface area contributed by atoms with E-state index in [9.17, 15) is 13.5 Å². The van der Waals surface area contributed by atoms with Crippen molar-refractivity contribution in [1.82, 2.24) is 4.31 Å². The van der Waals surface area contributed by atoms with E-state index in [1.54, 1.807) is 12.1 Å². The smallest absolute Gasteiger partial charge is 0.264 e. The van der Waals surface area contributed by atoms with Crippen LogP contribution in [0.25, 0.3) is 0 Å². The number of rotatable bonds is 7. The van der Waals surface area contributed by atoms with Crippen LogP contribution in [0.15, 0.2) is 99.1 Å². The van der Waals surface area contributed by atoms with E-state index >= 15 is 0 Å². The Kier molecular flexibility index (Phi) is 6.98. The first kappa shape index (κ1) is 24.0. The van der Waals surface area contributed by atoms with Crippen LogP contribution in [0.5, 0.6) is 0 Å². The van der Waals surface area contributed by atoms with Gasteiger partial charge in [0.25, 0.3) is 10.0 Å². The molecule has 0 bridgehead atoms. The third kappa shape index (κ3) is 4.24. The van der Waals surface area contributed by atoms with Gasteiger partial charge in [-0.15, -0.1) is 0 Å². The number of hydrogen-bond acceptors (Lipinski definition) is 3. The van der Waals surface area contributed by atoms with E-state index < -0.39 is 21.7 Å². The quantitative estimate of drug-likeness (QED) is 0.330. The summed E-state index contributed by atoms with van der Waals surface area (Å²) in [6.45, 7) is 4.02. The lowest BCUT2D eigenvalue weighted by molar-refractivity contribution is 0.0390. The Hall–Kier alpha value is -2.16. The highest BCUT2D eigenvalue weighted by Crippen LogP contribution is 2.57. The Morgan fingerprint density at radius 1 is 0.939 bits per heavy atom. The predicted octanol–water partition coefficient (Wildman–Crippen LogP) is 6.47. The maximum Gasteiger partial charge on any atom is 0.264 e. The maximum absolute atomic E-state index is 14.1. The number of aryl methyl sites for hydroxylation is 1. The van der Waals surface area contributed by atoms with Crippen LogP contribution < -0.4 is 0 Å². The SMILES string of the molecule is CCCCC1=C(I)C(O)(c2ccccc2)C(c2ccccc2)N1S(=O)(=O)c1ccc(C)cc1. The van der Waals surface area contributed by atoms with Crippen LogP contribution in [0, 0.1) is 6.92 Å². The van der Waals surface area contributed by atoms with Crippen LogP contribution >= 0.6 is 22.6 Å². The summed E-state index contributed by atoms with van der Waals surface area (Å²) in [7, 11) is -3.93. The van der Waals surface area contributed by atoms with Gasteiger partial charge in [-0.1, -0.05) is 91.7 Å². The average Bonchev–Trinajstić information content (AvgIpc) is 3.07. The molecule has 0 saturated heterocycles. The second kappa shape index (κ2) is 9.60. The predicted molar refractivity (Wildman–Crippen MR) is 140 cm³/mol. The number of unbranched alkanes of at least 4 members (excludes halogenated alkanes) is 1. The Labute approximate surface area is 210 Å². The highest BCUT2D eigenvalue weighted by Gasteiger charge is 2.56. The highest BCUT2D eigenvalue weighted by atomic mass is 127. The molecular weight excluding hydrogens is 545 g/mol. The van der Waals surface area contributed by atoms with Gasteiger partial charge in [0.05, 0.1) is 4.90 Å². The summed E-state index contributed by atoms with van der Waals surface area (Å²) in [6.07, 6.45) is 2.32. The van der Waals surface area contributed by atoms with Gasteiger partial charge in [0, 0.05) is 9.28 Å². The van der Waals surface area contributed by atoms with E-state index in [-0.39, 0.29) is 4.90 Å². The topological polar surface area (TPSA) is 57.6 Å². The molecule has 6 heteroatoms. The van der Waals surface area contributed by atoms with Crippen molar-refractivity contribution in [2.45, 2.75) is 49.6 Å². The minimum Gasteiger partial charge on any atom is -0.377 e. The van der Waals surface area contributed by atoms with Crippen LogP contribution in [0.3, 0.4) is 0 Å². The van der Waals surface area contributed by atoms with Crippen LogP contribution in [0.1, 0.15) is 48.9 Å². The molecule has 3 aromatic rings. The van der Waals surface area contributed by atoms with Crippen molar-refractivity contribution in [2.75, 3.05) is 0 Å². The summed E-state index contributed by atoms with van der Waals surface area (Å²) in [5.41, 5.74) is 1.59. The molecule has 0 aromatic heterocycles. The number of nitrogens with zero attached hydrogens (tertiary/aromatic N) is 1. The average molecular weight is 573 g/mol. The van der Waals surface area contributed by atoms with Crippen LogP contribution in [0.4, 0.5) is 0 Å². The minimum absolute atomic E-state index is 0.226. The third-order valence-electron chi connectivity index (χ3n) is 6.16. The molecule has 2 unspecified atom stereocenters. The Morgan fingerprint density at radius 3 is 2.09 bits per heavy atom. The van der Waals surface area contributed by atoms with Gasteiger partial charge in [-0.2, -0.15) is 0 Å². The van der Waals surface area contributed by atoms with Crippen molar-refractivity contribution in [3.63, 3.8) is 0 Å². The third-order valence-corrected chi connectivity index (χ3v) is 9.42. The first-order valence-electron chi connectivity index (χ1n) is 11.1. The normalized spacial score (nSPS) is 21.0. The van der Waals surface area contributed by atoms with Gasteiger partial charge >= 0.3 is 0 Å². The monoisotopic (exact) mass is 573 g/mol. The molecule has 1 heterocycles. The van der Waals surface area contributed by atoms with E-state index in [1.807, 2.05) is 79.7 Å². The maximum atomic E-state index is 14.1. The molecule has 0 saturated carbocycles. The van der Waals surface area contributed by atoms with Crippen molar-refractivity contribution < 1.29 is 13.5 Å². The van der Waals surface area contributed by atoms with Gasteiger partial charge in [-0.3, -0.25) is 4.31 Å². The van der Waals surface area contributed by atoms with Gasteiger partial charge < -0.3 is 5.11 Å². The van der Waals surface area contributed by atoms with Gasteiger partial charge in [0.15, 0.2) is 0 Å². The largest absolute Gasteiger partial charge is 0.377 e. The summed E-state index contributed by atoms with van der Waals surface area (Å²) in [4.78, 5) is 0.226. The summed E-state index contributed by atoms with van der Waals surface area (Å²) in [5, 5.41) is 12.4. The molecule has 2 atom stereocenters. The van der Waals surface area contributed by atoms with Crippen LogP contribution in [0.2, 0.25) is 0 Å². The highest BCUT2D eigenvalue weighted by molar-refractivity contribution is 14.1. The lowest BCUT2D eigenvalue weighted by Gasteiger charge is -2.37. The van der Waals surface area contributed by atoms with Crippen LogP contribution in [-0.4, -0.2) is 17.8 Å². The van der Waals surface area contributed by atoms with Crippen molar-refractivity contribution in [3.8, 4) is 0 Å². The van der Waals surface area contributed by atoms with Crippen LogP contribution in [-0.2, 0) is 15.6 Å². The Balaban J connectivity index is 2.00. The fourth-order valence-electron chi connectivity index (χ4n) is 4.42.